The zero-order valence-corrected chi connectivity index (χ0v) is 19.6. The summed E-state index contributed by atoms with van der Waals surface area (Å²) in [4.78, 5) is 13.6. The number of hydrogen-bond donors (Lipinski definition) is 1. The molecule has 0 bridgehead atoms. The quantitative estimate of drug-likeness (QED) is 0.495. The van der Waals surface area contributed by atoms with Crippen LogP contribution in [-0.4, -0.2) is 12.5 Å². The minimum absolute atomic E-state index is 0.0640. The normalized spacial score (nSPS) is 13.5. The number of rotatable bonds is 6. The topological polar surface area (TPSA) is 62.1 Å². The number of halogens is 1. The minimum atomic E-state index is -0.0640. The van der Waals surface area contributed by atoms with E-state index in [-0.39, 0.29) is 11.3 Å². The minimum Gasteiger partial charge on any atom is -0.492 e. The second kappa shape index (κ2) is 9.32. The third-order valence-corrected chi connectivity index (χ3v) is 6.97. The Hall–Kier alpha value is -1.84. The van der Waals surface area contributed by atoms with Crippen molar-refractivity contribution in [1.82, 2.24) is 0 Å². The van der Waals surface area contributed by atoms with E-state index < -0.39 is 0 Å². The number of hydrogen-bond acceptors (Lipinski definition) is 4. The maximum absolute atomic E-state index is 12.3. The highest BCUT2D eigenvalue weighted by Crippen LogP contribution is 2.37. The fourth-order valence-corrected chi connectivity index (χ4v) is 5.21. The third kappa shape index (κ3) is 5.40. The van der Waals surface area contributed by atoms with E-state index in [4.69, 9.17) is 4.74 Å². The van der Waals surface area contributed by atoms with Crippen LogP contribution < -0.4 is 10.1 Å². The van der Waals surface area contributed by atoms with Crippen molar-refractivity contribution >= 4 is 38.2 Å². The summed E-state index contributed by atoms with van der Waals surface area (Å²) in [5, 5.41) is 13.2. The van der Waals surface area contributed by atoms with Gasteiger partial charge in [0.2, 0.25) is 5.91 Å². The molecule has 0 atom stereocenters. The Morgan fingerprint density at radius 3 is 2.76 bits per heavy atom. The van der Waals surface area contributed by atoms with Gasteiger partial charge in [-0.2, -0.15) is 5.26 Å². The number of ether oxygens (including phenoxy) is 1. The lowest BCUT2D eigenvalue weighted by Gasteiger charge is -2.20. The van der Waals surface area contributed by atoms with Gasteiger partial charge in [0, 0.05) is 11.3 Å². The number of fused-ring (bicyclic) bond motifs is 1. The number of carbonyl (C=O) groups excluding carboxylic acids is 1. The van der Waals surface area contributed by atoms with Crippen LogP contribution in [0.1, 0.15) is 68.0 Å². The van der Waals surface area contributed by atoms with Crippen molar-refractivity contribution in [2.45, 2.75) is 64.7 Å². The number of nitrogens with zero attached hydrogens (tertiary/aromatic N) is 1. The molecule has 0 spiro atoms. The zero-order valence-electron chi connectivity index (χ0n) is 17.2. The molecule has 154 valence electrons. The SMILES string of the molecule is CC(C)(C)c1ccc(OCCCC(=O)Nc2sc3c(c2C#N)CCCC3)c(Br)c1. The van der Waals surface area contributed by atoms with E-state index in [1.54, 1.807) is 11.3 Å². The molecule has 29 heavy (non-hydrogen) atoms. The molecule has 2 aromatic rings. The summed E-state index contributed by atoms with van der Waals surface area (Å²) in [5.74, 6) is 0.724. The van der Waals surface area contributed by atoms with Gasteiger partial charge in [-0.25, -0.2) is 0 Å². The van der Waals surface area contributed by atoms with Crippen molar-refractivity contribution in [3.63, 3.8) is 0 Å². The maximum Gasteiger partial charge on any atom is 0.225 e. The van der Waals surface area contributed by atoms with E-state index in [0.29, 0.717) is 30.0 Å². The molecule has 0 radical (unpaired) electrons. The smallest absolute Gasteiger partial charge is 0.225 e. The van der Waals surface area contributed by atoms with Crippen LogP contribution in [0.3, 0.4) is 0 Å². The first-order chi connectivity index (χ1) is 13.8. The summed E-state index contributed by atoms with van der Waals surface area (Å²) in [6.07, 6.45) is 5.23. The molecule has 1 aliphatic rings. The highest BCUT2D eigenvalue weighted by atomic mass is 79.9. The number of anilines is 1. The van der Waals surface area contributed by atoms with Crippen LogP contribution in [0.4, 0.5) is 5.00 Å². The largest absolute Gasteiger partial charge is 0.492 e. The molecule has 1 aromatic carbocycles. The van der Waals surface area contributed by atoms with Crippen molar-refractivity contribution in [3.8, 4) is 11.8 Å². The Balaban J connectivity index is 1.50. The predicted molar refractivity (Wildman–Crippen MR) is 122 cm³/mol. The molecule has 3 rings (SSSR count). The second-order valence-electron chi connectivity index (χ2n) is 8.42. The Labute approximate surface area is 185 Å². The molecule has 1 heterocycles. The van der Waals surface area contributed by atoms with Crippen LogP contribution in [-0.2, 0) is 23.1 Å². The Morgan fingerprint density at radius 2 is 2.07 bits per heavy atom. The van der Waals surface area contributed by atoms with E-state index in [2.05, 4.69) is 60.2 Å². The van der Waals surface area contributed by atoms with Gasteiger partial charge in [0.1, 0.15) is 16.8 Å². The second-order valence-corrected chi connectivity index (χ2v) is 10.4. The number of amides is 1. The lowest BCUT2D eigenvalue weighted by atomic mass is 9.87. The number of aryl methyl sites for hydroxylation is 1. The van der Waals surface area contributed by atoms with Crippen LogP contribution in [0.2, 0.25) is 0 Å². The van der Waals surface area contributed by atoms with E-state index in [9.17, 15) is 10.1 Å². The highest BCUT2D eigenvalue weighted by molar-refractivity contribution is 9.10. The summed E-state index contributed by atoms with van der Waals surface area (Å²) in [5.41, 5.74) is 3.13. The first kappa shape index (κ1) is 21.9. The van der Waals surface area contributed by atoms with Gasteiger partial charge >= 0.3 is 0 Å². The molecule has 0 saturated heterocycles. The lowest BCUT2D eigenvalue weighted by molar-refractivity contribution is -0.116. The molecule has 1 aliphatic carbocycles. The lowest BCUT2D eigenvalue weighted by Crippen LogP contribution is -2.13. The van der Waals surface area contributed by atoms with Crippen LogP contribution >= 0.6 is 27.3 Å². The molecule has 6 heteroatoms. The first-order valence-electron chi connectivity index (χ1n) is 10.1. The molecule has 1 N–H and O–H groups in total. The summed E-state index contributed by atoms with van der Waals surface area (Å²) in [6, 6.07) is 8.42. The first-order valence-corrected chi connectivity index (χ1v) is 11.7. The van der Waals surface area contributed by atoms with Gasteiger partial charge in [0.15, 0.2) is 0 Å². The van der Waals surface area contributed by atoms with Crippen LogP contribution in [0, 0.1) is 11.3 Å². The monoisotopic (exact) mass is 474 g/mol. The van der Waals surface area contributed by atoms with E-state index in [1.807, 2.05) is 6.07 Å². The number of carbonyl (C=O) groups is 1. The van der Waals surface area contributed by atoms with Crippen molar-refractivity contribution in [2.75, 3.05) is 11.9 Å². The molecule has 1 aromatic heterocycles. The fraction of sp³-hybridized carbons (Fsp3) is 0.478. The molecule has 0 fully saturated rings. The number of benzene rings is 1. The summed E-state index contributed by atoms with van der Waals surface area (Å²) < 4.78 is 6.77. The Bertz CT molecular complexity index is 938. The molecule has 0 unspecified atom stereocenters. The molecule has 0 aliphatic heterocycles. The molecular formula is C23H27BrN2O2S. The zero-order chi connectivity index (χ0) is 21.0. The van der Waals surface area contributed by atoms with Gasteiger partial charge in [-0.15, -0.1) is 11.3 Å². The van der Waals surface area contributed by atoms with Crippen molar-refractivity contribution in [2.24, 2.45) is 0 Å². The van der Waals surface area contributed by atoms with E-state index in [1.165, 1.54) is 10.4 Å². The number of nitriles is 1. The van der Waals surface area contributed by atoms with Gasteiger partial charge in [-0.3, -0.25) is 4.79 Å². The van der Waals surface area contributed by atoms with Gasteiger partial charge in [0.25, 0.3) is 0 Å². The van der Waals surface area contributed by atoms with Crippen molar-refractivity contribution in [1.29, 1.82) is 5.26 Å². The van der Waals surface area contributed by atoms with Gasteiger partial charge in [-0.05, 0) is 76.7 Å². The Kier molecular flexibility index (Phi) is 7.02. The van der Waals surface area contributed by atoms with Crippen LogP contribution in [0.15, 0.2) is 22.7 Å². The predicted octanol–water partition coefficient (Wildman–Crippen LogP) is 6.36. The van der Waals surface area contributed by atoms with E-state index >= 15 is 0 Å². The van der Waals surface area contributed by atoms with Crippen LogP contribution in [0.25, 0.3) is 0 Å². The Morgan fingerprint density at radius 1 is 1.31 bits per heavy atom. The van der Waals surface area contributed by atoms with E-state index in [0.717, 1.165) is 41.5 Å². The summed E-state index contributed by atoms with van der Waals surface area (Å²) >= 11 is 5.14. The average molecular weight is 475 g/mol. The van der Waals surface area contributed by atoms with Gasteiger partial charge in [0.05, 0.1) is 16.6 Å². The third-order valence-electron chi connectivity index (χ3n) is 5.14. The number of thiophene rings is 1. The van der Waals surface area contributed by atoms with Gasteiger partial charge in [-0.1, -0.05) is 26.8 Å². The van der Waals surface area contributed by atoms with Crippen molar-refractivity contribution < 1.29 is 9.53 Å². The summed E-state index contributed by atoms with van der Waals surface area (Å²) in [6.45, 7) is 6.99. The standard InChI is InChI=1S/C23H27BrN2O2S/c1-23(2,3)15-10-11-19(18(24)13-15)28-12-6-9-21(27)26-22-17(14-25)16-7-4-5-8-20(16)29-22/h10-11,13H,4-9,12H2,1-3H3,(H,26,27). The van der Waals surface area contributed by atoms with Crippen molar-refractivity contribution in [3.05, 3.63) is 44.2 Å². The van der Waals surface area contributed by atoms with Gasteiger partial charge < -0.3 is 10.1 Å². The fourth-order valence-electron chi connectivity index (χ4n) is 3.46. The average Bonchev–Trinajstić information content (AvgIpc) is 3.02. The highest BCUT2D eigenvalue weighted by Gasteiger charge is 2.21. The molecule has 0 saturated carbocycles. The van der Waals surface area contributed by atoms with Crippen LogP contribution in [0.5, 0.6) is 5.75 Å². The maximum atomic E-state index is 12.3. The molecule has 4 nitrogen and oxygen atoms in total. The number of nitrogens with one attached hydrogen (secondary N) is 1. The molecular weight excluding hydrogens is 448 g/mol. The summed E-state index contributed by atoms with van der Waals surface area (Å²) in [7, 11) is 0. The molecule has 1 amide bonds.